The largest absolute Gasteiger partial charge is 0.444 e. The molecule has 0 radical (unpaired) electrons. The zero-order valence-electron chi connectivity index (χ0n) is 17.4. The van der Waals surface area contributed by atoms with Gasteiger partial charge in [0.25, 0.3) is 0 Å². The number of ether oxygens (including phenoxy) is 1. The van der Waals surface area contributed by atoms with E-state index in [0.29, 0.717) is 13.1 Å². The van der Waals surface area contributed by atoms with Gasteiger partial charge in [0.1, 0.15) is 5.60 Å². The summed E-state index contributed by atoms with van der Waals surface area (Å²) in [6, 6.07) is 6.49. The Morgan fingerprint density at radius 1 is 1.19 bits per heavy atom. The van der Waals surface area contributed by atoms with Crippen molar-refractivity contribution in [1.82, 2.24) is 14.7 Å². The van der Waals surface area contributed by atoms with Crippen LogP contribution in [0.4, 0.5) is 4.79 Å². The Hall–Kier alpha value is -2.30. The van der Waals surface area contributed by atoms with Crippen LogP contribution in [0, 0.1) is 6.92 Å². The molecule has 0 saturated heterocycles. The normalized spacial score (nSPS) is 14.2. The second kappa shape index (κ2) is 7.37. The topological polar surface area (TPSA) is 47.4 Å². The molecule has 2 aromatic rings. The monoisotopic (exact) mass is 369 g/mol. The van der Waals surface area contributed by atoms with Crippen LogP contribution in [0.25, 0.3) is 5.69 Å². The molecule has 0 spiro atoms. The zero-order valence-corrected chi connectivity index (χ0v) is 17.4. The fourth-order valence-electron chi connectivity index (χ4n) is 3.70. The first-order valence-corrected chi connectivity index (χ1v) is 9.91. The van der Waals surface area contributed by atoms with E-state index in [0.717, 1.165) is 36.2 Å². The van der Waals surface area contributed by atoms with E-state index in [2.05, 4.69) is 43.7 Å². The van der Waals surface area contributed by atoms with E-state index in [1.54, 1.807) is 4.90 Å². The van der Waals surface area contributed by atoms with E-state index in [9.17, 15) is 4.79 Å². The highest BCUT2D eigenvalue weighted by Crippen LogP contribution is 2.28. The van der Waals surface area contributed by atoms with Gasteiger partial charge >= 0.3 is 6.09 Å². The van der Waals surface area contributed by atoms with Gasteiger partial charge in [-0.3, -0.25) is 0 Å². The molecule has 3 rings (SSSR count). The van der Waals surface area contributed by atoms with Crippen LogP contribution < -0.4 is 0 Å². The molecule has 1 aliphatic heterocycles. The van der Waals surface area contributed by atoms with Gasteiger partial charge in [-0.15, -0.1) is 0 Å². The molecule has 1 aromatic carbocycles. The molecule has 1 aliphatic rings. The Balaban J connectivity index is 1.96. The summed E-state index contributed by atoms with van der Waals surface area (Å²) < 4.78 is 7.65. The standard InChI is InChI=1S/C22H31N3O2/c1-7-16-10-9-11-17(8-2)20(16)25-15(3)18-14-24(13-12-19(18)23-25)21(26)27-22(4,5)6/h9-11H,7-8,12-14H2,1-6H3. The maximum Gasteiger partial charge on any atom is 0.410 e. The molecule has 5 heteroatoms. The number of amides is 1. The van der Waals surface area contributed by atoms with Crippen LogP contribution in [0.1, 0.15) is 62.7 Å². The molecule has 0 atom stereocenters. The number of aryl methyl sites for hydroxylation is 2. The highest BCUT2D eigenvalue weighted by atomic mass is 16.6. The van der Waals surface area contributed by atoms with Crippen molar-refractivity contribution >= 4 is 6.09 Å². The molecule has 0 N–H and O–H groups in total. The Morgan fingerprint density at radius 3 is 2.37 bits per heavy atom. The van der Waals surface area contributed by atoms with Gasteiger partial charge in [0.15, 0.2) is 0 Å². The van der Waals surface area contributed by atoms with E-state index in [1.165, 1.54) is 16.8 Å². The molecule has 5 nitrogen and oxygen atoms in total. The molecule has 2 heterocycles. The molecular formula is C22H31N3O2. The molecule has 0 unspecified atom stereocenters. The van der Waals surface area contributed by atoms with Crippen molar-refractivity contribution < 1.29 is 9.53 Å². The molecule has 146 valence electrons. The molecule has 1 amide bonds. The van der Waals surface area contributed by atoms with E-state index in [1.807, 2.05) is 20.8 Å². The highest BCUT2D eigenvalue weighted by molar-refractivity contribution is 5.68. The number of hydrogen-bond donors (Lipinski definition) is 0. The van der Waals surface area contributed by atoms with Crippen molar-refractivity contribution in [2.24, 2.45) is 0 Å². The summed E-state index contributed by atoms with van der Waals surface area (Å²) in [6.07, 6.45) is 2.45. The van der Waals surface area contributed by atoms with Crippen LogP contribution in [0.2, 0.25) is 0 Å². The van der Waals surface area contributed by atoms with E-state index >= 15 is 0 Å². The van der Waals surface area contributed by atoms with Crippen molar-refractivity contribution in [2.45, 2.75) is 73.0 Å². The summed E-state index contributed by atoms with van der Waals surface area (Å²) in [7, 11) is 0. The number of carbonyl (C=O) groups is 1. The maximum atomic E-state index is 12.5. The van der Waals surface area contributed by atoms with Gasteiger partial charge in [-0.05, 0) is 51.7 Å². The summed E-state index contributed by atoms with van der Waals surface area (Å²) in [5, 5.41) is 4.94. The molecule has 1 aromatic heterocycles. The second-order valence-corrected chi connectivity index (χ2v) is 8.21. The third-order valence-corrected chi connectivity index (χ3v) is 5.12. The number of benzene rings is 1. The molecule has 0 fully saturated rings. The fourth-order valence-corrected chi connectivity index (χ4v) is 3.70. The summed E-state index contributed by atoms with van der Waals surface area (Å²) in [5.41, 5.74) is 6.71. The molecule has 0 aliphatic carbocycles. The van der Waals surface area contributed by atoms with Gasteiger partial charge in [-0.25, -0.2) is 9.48 Å². The van der Waals surface area contributed by atoms with Crippen molar-refractivity contribution in [3.63, 3.8) is 0 Å². The Bertz CT molecular complexity index is 824. The van der Waals surface area contributed by atoms with E-state index in [-0.39, 0.29) is 6.09 Å². The van der Waals surface area contributed by atoms with Crippen molar-refractivity contribution in [2.75, 3.05) is 6.54 Å². The van der Waals surface area contributed by atoms with Crippen LogP contribution in [0.5, 0.6) is 0 Å². The van der Waals surface area contributed by atoms with Gasteiger partial charge in [0.2, 0.25) is 0 Å². The van der Waals surface area contributed by atoms with Crippen LogP contribution in [0.15, 0.2) is 18.2 Å². The number of aromatic nitrogens is 2. The SMILES string of the molecule is CCc1cccc(CC)c1-n1nc2c(c1C)CN(C(=O)OC(C)(C)C)CC2. The minimum absolute atomic E-state index is 0.247. The zero-order chi connectivity index (χ0) is 19.8. The summed E-state index contributed by atoms with van der Waals surface area (Å²) in [4.78, 5) is 14.3. The first kappa shape index (κ1) is 19.5. The molecule has 0 saturated carbocycles. The number of carbonyl (C=O) groups excluding carboxylic acids is 1. The predicted molar refractivity (Wildman–Crippen MR) is 107 cm³/mol. The number of para-hydroxylation sites is 1. The minimum Gasteiger partial charge on any atom is -0.444 e. The van der Waals surface area contributed by atoms with E-state index in [4.69, 9.17) is 9.84 Å². The van der Waals surface area contributed by atoms with Gasteiger partial charge in [0, 0.05) is 24.2 Å². The first-order valence-electron chi connectivity index (χ1n) is 9.91. The van der Waals surface area contributed by atoms with Crippen molar-refractivity contribution in [3.05, 3.63) is 46.3 Å². The third-order valence-electron chi connectivity index (χ3n) is 5.12. The quantitative estimate of drug-likeness (QED) is 0.794. The van der Waals surface area contributed by atoms with Gasteiger partial charge in [-0.2, -0.15) is 5.10 Å². The average Bonchev–Trinajstić information content (AvgIpc) is 2.95. The summed E-state index contributed by atoms with van der Waals surface area (Å²) in [5.74, 6) is 0. The van der Waals surface area contributed by atoms with Crippen molar-refractivity contribution in [1.29, 1.82) is 0 Å². The second-order valence-electron chi connectivity index (χ2n) is 8.21. The number of fused-ring (bicyclic) bond motifs is 1. The van der Waals surface area contributed by atoms with Gasteiger partial charge in [0.05, 0.1) is 17.9 Å². The fraction of sp³-hybridized carbons (Fsp3) is 0.545. The molecule has 27 heavy (non-hydrogen) atoms. The van der Waals surface area contributed by atoms with Crippen LogP contribution in [0.3, 0.4) is 0 Å². The third kappa shape index (κ3) is 3.87. The Morgan fingerprint density at radius 2 is 1.81 bits per heavy atom. The number of nitrogens with zero attached hydrogens (tertiary/aromatic N) is 3. The van der Waals surface area contributed by atoms with Gasteiger partial charge < -0.3 is 9.64 Å². The Labute approximate surface area is 162 Å². The molecule has 0 bridgehead atoms. The lowest BCUT2D eigenvalue weighted by Crippen LogP contribution is -2.39. The first-order chi connectivity index (χ1) is 12.7. The van der Waals surface area contributed by atoms with Crippen LogP contribution in [-0.4, -0.2) is 32.9 Å². The summed E-state index contributed by atoms with van der Waals surface area (Å²) in [6.45, 7) is 13.4. The van der Waals surface area contributed by atoms with E-state index < -0.39 is 5.60 Å². The van der Waals surface area contributed by atoms with Crippen molar-refractivity contribution in [3.8, 4) is 5.69 Å². The highest BCUT2D eigenvalue weighted by Gasteiger charge is 2.29. The van der Waals surface area contributed by atoms with Crippen LogP contribution in [-0.2, 0) is 30.5 Å². The lowest BCUT2D eigenvalue weighted by atomic mass is 10.0. The smallest absolute Gasteiger partial charge is 0.410 e. The Kier molecular flexibility index (Phi) is 5.31. The number of hydrogen-bond acceptors (Lipinski definition) is 3. The average molecular weight is 370 g/mol. The number of rotatable bonds is 3. The minimum atomic E-state index is -0.479. The summed E-state index contributed by atoms with van der Waals surface area (Å²) >= 11 is 0. The lowest BCUT2D eigenvalue weighted by molar-refractivity contribution is 0.0223. The van der Waals surface area contributed by atoms with Crippen LogP contribution >= 0.6 is 0 Å². The lowest BCUT2D eigenvalue weighted by Gasteiger charge is -2.29. The maximum absolute atomic E-state index is 12.5. The predicted octanol–water partition coefficient (Wildman–Crippen LogP) is 4.60. The molecular weight excluding hydrogens is 338 g/mol. The van der Waals surface area contributed by atoms with Gasteiger partial charge in [-0.1, -0.05) is 32.0 Å².